The maximum Gasteiger partial charge on any atom is 0.406 e. The van der Waals surface area contributed by atoms with E-state index >= 15 is 0 Å². The van der Waals surface area contributed by atoms with Gasteiger partial charge >= 0.3 is 6.18 Å². The maximum atomic E-state index is 13.8. The quantitative estimate of drug-likeness (QED) is 0.384. The summed E-state index contributed by atoms with van der Waals surface area (Å²) in [6.45, 7) is -1.39. The predicted octanol–water partition coefficient (Wildman–Crippen LogP) is 6.19. The minimum atomic E-state index is -4.61. The molecule has 0 bridgehead atoms. The summed E-state index contributed by atoms with van der Waals surface area (Å²) in [5.74, 6) is -0.779. The molecule has 6 nitrogen and oxygen atoms in total. The Kier molecular flexibility index (Phi) is 7.65. The molecule has 0 fully saturated rings. The zero-order valence-corrected chi connectivity index (χ0v) is 20.8. The van der Waals surface area contributed by atoms with E-state index in [0.717, 1.165) is 4.90 Å². The Morgan fingerprint density at radius 3 is 2.38 bits per heavy atom. The number of anilines is 1. The number of hydrogen-bond donors (Lipinski definition) is 2. The van der Waals surface area contributed by atoms with Crippen LogP contribution >= 0.6 is 23.2 Å². The number of alkyl halides is 3. The van der Waals surface area contributed by atoms with Crippen LogP contribution in [0, 0.1) is 0 Å². The number of aliphatic imine (C=N–C) groups is 1. The van der Waals surface area contributed by atoms with Gasteiger partial charge in [0.2, 0.25) is 5.91 Å². The number of nitrogens with one attached hydrogen (secondary N) is 1. The van der Waals surface area contributed by atoms with Crippen molar-refractivity contribution in [1.82, 2.24) is 5.32 Å². The lowest BCUT2D eigenvalue weighted by molar-refractivity contribution is -0.119. The minimum absolute atomic E-state index is 0.0615. The Morgan fingerprint density at radius 1 is 1.08 bits per heavy atom. The van der Waals surface area contributed by atoms with Crippen LogP contribution in [0.1, 0.15) is 16.7 Å². The van der Waals surface area contributed by atoms with Gasteiger partial charge in [0.1, 0.15) is 12.3 Å². The van der Waals surface area contributed by atoms with Crippen LogP contribution in [-0.2, 0) is 11.2 Å². The molecule has 0 spiro atoms. The van der Waals surface area contributed by atoms with Gasteiger partial charge in [0.15, 0.2) is 11.6 Å². The summed E-state index contributed by atoms with van der Waals surface area (Å²) < 4.78 is 46.5. The van der Waals surface area contributed by atoms with Crippen molar-refractivity contribution in [1.29, 1.82) is 0 Å². The summed E-state index contributed by atoms with van der Waals surface area (Å²) >= 11 is 12.3. The largest absolute Gasteiger partial charge is 0.507 e. The second kappa shape index (κ2) is 10.7. The number of carbonyl (C=O) groups excluding carboxylic acids is 1. The van der Waals surface area contributed by atoms with Crippen LogP contribution in [0.25, 0.3) is 5.70 Å². The number of phenols is 1. The summed E-state index contributed by atoms with van der Waals surface area (Å²) in [6.07, 6.45) is -3.45. The number of nitrogens with zero attached hydrogens (tertiary/aromatic N) is 2. The second-order valence-corrected chi connectivity index (χ2v) is 8.86. The molecule has 1 aliphatic heterocycles. The Bertz CT molecular complexity index is 1380. The lowest BCUT2D eigenvalue weighted by atomic mass is 10.1. The minimum Gasteiger partial charge on any atom is -0.507 e. The van der Waals surface area contributed by atoms with Crippen LogP contribution in [0.2, 0.25) is 10.0 Å². The zero-order chi connectivity index (χ0) is 26.7. The van der Waals surface area contributed by atoms with E-state index in [1.165, 1.54) is 49.7 Å². The number of aromatic hydroxyl groups is 1. The zero-order valence-electron chi connectivity index (χ0n) is 19.3. The first kappa shape index (κ1) is 26.4. The summed E-state index contributed by atoms with van der Waals surface area (Å²) in [6, 6.07) is 15.3. The molecule has 0 radical (unpaired) electrons. The van der Waals surface area contributed by atoms with Crippen LogP contribution in [-0.4, -0.2) is 37.1 Å². The third kappa shape index (κ3) is 6.00. The fourth-order valence-electron chi connectivity index (χ4n) is 3.94. The van der Waals surface area contributed by atoms with Gasteiger partial charge in [-0.25, -0.2) is 4.99 Å². The summed E-state index contributed by atoms with van der Waals surface area (Å²) in [7, 11) is 1.40. The summed E-state index contributed by atoms with van der Waals surface area (Å²) in [5.41, 5.74) is 1.01. The van der Waals surface area contributed by atoms with Crippen LogP contribution < -0.4 is 15.0 Å². The molecule has 0 atom stereocenters. The molecular formula is C26H20Cl2F3N3O3. The van der Waals surface area contributed by atoms with Crippen molar-refractivity contribution in [3.63, 3.8) is 0 Å². The van der Waals surface area contributed by atoms with Gasteiger partial charge in [-0.1, -0.05) is 53.5 Å². The Balaban J connectivity index is 1.80. The molecule has 3 aromatic rings. The number of fused-ring (bicyclic) bond motifs is 1. The Morgan fingerprint density at radius 2 is 1.73 bits per heavy atom. The van der Waals surface area contributed by atoms with Crippen molar-refractivity contribution in [2.24, 2.45) is 4.99 Å². The lowest BCUT2D eigenvalue weighted by Crippen LogP contribution is -2.36. The third-order valence-corrected chi connectivity index (χ3v) is 6.00. The van der Waals surface area contributed by atoms with Gasteiger partial charge in [-0.15, -0.1) is 0 Å². The fourth-order valence-corrected chi connectivity index (χ4v) is 4.63. The SMILES string of the molecule is COc1c(Cl)cc(CC(=O)NC2=C(c3ccccc3O)N(CC(F)(F)F)c3ccccc3C=N2)cc1Cl. The normalized spacial score (nSPS) is 13.3. The number of methoxy groups -OCH3 is 1. The first-order chi connectivity index (χ1) is 17.6. The van der Waals surface area contributed by atoms with E-state index in [0.29, 0.717) is 11.1 Å². The summed E-state index contributed by atoms with van der Waals surface area (Å²) in [4.78, 5) is 18.4. The van der Waals surface area contributed by atoms with Crippen LogP contribution in [0.5, 0.6) is 11.5 Å². The predicted molar refractivity (Wildman–Crippen MR) is 137 cm³/mol. The number of rotatable bonds is 6. The van der Waals surface area contributed by atoms with Crippen LogP contribution in [0.15, 0.2) is 71.5 Å². The third-order valence-electron chi connectivity index (χ3n) is 5.44. The van der Waals surface area contributed by atoms with Crippen LogP contribution in [0.3, 0.4) is 0 Å². The standard InChI is InChI=1S/C26H20Cl2F3N3O3/c1-37-24-18(27)10-15(11-19(24)28)12-22(36)33-25-23(17-7-3-5-9-21(17)35)34(14-26(29,30)31)20-8-4-2-6-16(20)13-32-25/h2-11,13,35H,12,14H2,1H3,(H,33,36). The van der Waals surface area contributed by atoms with Crippen molar-refractivity contribution < 1.29 is 27.8 Å². The number of phenolic OH excluding ortho intramolecular Hbond substituents is 1. The highest BCUT2D eigenvalue weighted by Crippen LogP contribution is 2.39. The molecule has 0 unspecified atom stereocenters. The number of hydrogen-bond acceptors (Lipinski definition) is 5. The molecule has 3 aromatic carbocycles. The van der Waals surface area contributed by atoms with Gasteiger partial charge in [0.25, 0.3) is 0 Å². The monoisotopic (exact) mass is 549 g/mol. The number of benzene rings is 3. The van der Waals surface area contributed by atoms with E-state index in [2.05, 4.69) is 10.3 Å². The van der Waals surface area contributed by atoms with Gasteiger partial charge < -0.3 is 20.1 Å². The molecule has 192 valence electrons. The van der Waals surface area contributed by atoms with E-state index < -0.39 is 18.6 Å². The van der Waals surface area contributed by atoms with Crippen LogP contribution in [0.4, 0.5) is 18.9 Å². The number of amides is 1. The highest BCUT2D eigenvalue weighted by Gasteiger charge is 2.36. The Labute approximate surface area is 220 Å². The van der Waals surface area contributed by atoms with E-state index in [1.54, 1.807) is 24.3 Å². The molecule has 0 aromatic heterocycles. The average molecular weight is 550 g/mol. The van der Waals surface area contributed by atoms with E-state index in [-0.39, 0.29) is 50.7 Å². The van der Waals surface area contributed by atoms with Gasteiger partial charge in [0, 0.05) is 17.3 Å². The van der Waals surface area contributed by atoms with Gasteiger partial charge in [0.05, 0.1) is 35.0 Å². The summed E-state index contributed by atoms with van der Waals surface area (Å²) in [5, 5.41) is 13.6. The maximum absolute atomic E-state index is 13.8. The molecule has 1 aliphatic rings. The second-order valence-electron chi connectivity index (χ2n) is 8.05. The van der Waals surface area contributed by atoms with Crippen molar-refractivity contribution in [3.05, 3.63) is 93.2 Å². The Hall–Kier alpha value is -3.69. The van der Waals surface area contributed by atoms with Gasteiger partial charge in [-0.2, -0.15) is 13.2 Å². The number of ether oxygens (including phenoxy) is 1. The lowest BCUT2D eigenvalue weighted by Gasteiger charge is -2.30. The fraction of sp³-hybridized carbons (Fsp3) is 0.154. The van der Waals surface area contributed by atoms with Crippen molar-refractivity contribution in [3.8, 4) is 11.5 Å². The molecular weight excluding hydrogens is 530 g/mol. The van der Waals surface area contributed by atoms with Gasteiger partial charge in [-0.05, 0) is 35.9 Å². The highest BCUT2D eigenvalue weighted by atomic mass is 35.5. The molecule has 1 heterocycles. The number of halogens is 5. The average Bonchev–Trinajstić information content (AvgIpc) is 2.95. The smallest absolute Gasteiger partial charge is 0.406 e. The molecule has 37 heavy (non-hydrogen) atoms. The topological polar surface area (TPSA) is 74.2 Å². The van der Waals surface area contributed by atoms with Crippen molar-refractivity contribution in [2.75, 3.05) is 18.6 Å². The first-order valence-electron chi connectivity index (χ1n) is 10.9. The highest BCUT2D eigenvalue weighted by molar-refractivity contribution is 6.37. The molecule has 2 N–H and O–H groups in total. The molecule has 4 rings (SSSR count). The number of para-hydroxylation sites is 2. The van der Waals surface area contributed by atoms with E-state index in [4.69, 9.17) is 27.9 Å². The van der Waals surface area contributed by atoms with Crippen molar-refractivity contribution >= 4 is 46.7 Å². The van der Waals surface area contributed by atoms with E-state index in [1.807, 2.05) is 0 Å². The number of carbonyl (C=O) groups is 1. The molecule has 11 heteroatoms. The molecule has 0 saturated carbocycles. The first-order valence-corrected chi connectivity index (χ1v) is 11.6. The van der Waals surface area contributed by atoms with E-state index in [9.17, 15) is 23.1 Å². The molecule has 0 aliphatic carbocycles. The van der Waals surface area contributed by atoms with Gasteiger partial charge in [-0.3, -0.25) is 4.79 Å². The molecule has 1 amide bonds. The molecule has 0 saturated heterocycles. The van der Waals surface area contributed by atoms with Crippen molar-refractivity contribution in [2.45, 2.75) is 12.6 Å².